The number of amides is 1. The van der Waals surface area contributed by atoms with Crippen molar-refractivity contribution < 1.29 is 9.72 Å². The predicted octanol–water partition coefficient (Wildman–Crippen LogP) is 3.80. The van der Waals surface area contributed by atoms with Gasteiger partial charge in [0, 0.05) is 34.2 Å². The van der Waals surface area contributed by atoms with Crippen LogP contribution in [-0.4, -0.2) is 20.4 Å². The summed E-state index contributed by atoms with van der Waals surface area (Å²) in [6, 6.07) is 11.4. The second-order valence-electron chi connectivity index (χ2n) is 4.90. The first kappa shape index (κ1) is 15.9. The Morgan fingerprint density at radius 2 is 2.08 bits per heavy atom. The Kier molecular flexibility index (Phi) is 4.39. The lowest BCUT2D eigenvalue weighted by atomic mass is 10.1. The van der Waals surface area contributed by atoms with Gasteiger partial charge in [0.2, 0.25) is 0 Å². The Bertz CT molecular complexity index is 909. The molecule has 0 aliphatic rings. The molecule has 8 heteroatoms. The molecule has 1 aromatic heterocycles. The minimum absolute atomic E-state index is 0.171. The zero-order valence-corrected chi connectivity index (χ0v) is 13.8. The van der Waals surface area contributed by atoms with Crippen LogP contribution in [0.5, 0.6) is 0 Å². The summed E-state index contributed by atoms with van der Waals surface area (Å²) in [7, 11) is 0. The van der Waals surface area contributed by atoms with E-state index in [1.54, 1.807) is 24.4 Å². The van der Waals surface area contributed by atoms with Crippen molar-refractivity contribution in [3.8, 4) is 5.69 Å². The van der Waals surface area contributed by atoms with E-state index >= 15 is 0 Å². The first-order valence-corrected chi connectivity index (χ1v) is 7.67. The molecule has 1 heterocycles. The fourth-order valence-corrected chi connectivity index (χ4v) is 2.60. The largest absolute Gasteiger partial charge is 0.322 e. The number of nitro groups is 1. The van der Waals surface area contributed by atoms with Gasteiger partial charge in [0.05, 0.1) is 11.3 Å². The first-order valence-electron chi connectivity index (χ1n) is 6.88. The fourth-order valence-electron chi connectivity index (χ4n) is 2.20. The number of rotatable bonds is 4. The Morgan fingerprint density at radius 1 is 1.25 bits per heavy atom. The van der Waals surface area contributed by atoms with Gasteiger partial charge in [-0.1, -0.05) is 22.0 Å². The lowest BCUT2D eigenvalue weighted by Crippen LogP contribution is -2.12. The van der Waals surface area contributed by atoms with Crippen LogP contribution in [0.3, 0.4) is 0 Å². The van der Waals surface area contributed by atoms with Crippen LogP contribution in [-0.2, 0) is 0 Å². The minimum atomic E-state index is -0.523. The average Bonchev–Trinajstić information content (AvgIpc) is 3.08. The number of nitrogens with one attached hydrogen (secondary N) is 1. The number of nitro benzene ring substituents is 1. The molecule has 0 atom stereocenters. The van der Waals surface area contributed by atoms with Crippen molar-refractivity contribution in [2.45, 2.75) is 0 Å². The van der Waals surface area contributed by atoms with Crippen LogP contribution in [0.25, 0.3) is 5.69 Å². The molecule has 0 spiro atoms. The van der Waals surface area contributed by atoms with Crippen molar-refractivity contribution in [2.24, 2.45) is 0 Å². The molecule has 2 aromatic carbocycles. The van der Waals surface area contributed by atoms with Crippen LogP contribution < -0.4 is 5.32 Å². The maximum absolute atomic E-state index is 12.3. The summed E-state index contributed by atoms with van der Waals surface area (Å²) < 4.78 is 2.34. The van der Waals surface area contributed by atoms with Gasteiger partial charge in [0.1, 0.15) is 5.69 Å². The summed E-state index contributed by atoms with van der Waals surface area (Å²) in [5.74, 6) is -0.423. The van der Waals surface area contributed by atoms with E-state index in [0.29, 0.717) is 11.4 Å². The zero-order chi connectivity index (χ0) is 17.1. The molecule has 0 bridgehead atoms. The molecule has 0 saturated heterocycles. The number of imidazole rings is 1. The van der Waals surface area contributed by atoms with Gasteiger partial charge < -0.3 is 9.88 Å². The van der Waals surface area contributed by atoms with E-state index < -0.39 is 10.8 Å². The van der Waals surface area contributed by atoms with Gasteiger partial charge in [-0.15, -0.1) is 0 Å². The summed E-state index contributed by atoms with van der Waals surface area (Å²) in [6.45, 7) is 0. The highest BCUT2D eigenvalue weighted by Crippen LogP contribution is 2.25. The Hall–Kier alpha value is -3.00. The first-order chi connectivity index (χ1) is 11.5. The van der Waals surface area contributed by atoms with Gasteiger partial charge in [-0.2, -0.15) is 0 Å². The summed E-state index contributed by atoms with van der Waals surface area (Å²) >= 11 is 3.32. The number of anilines is 1. The van der Waals surface area contributed by atoms with E-state index in [9.17, 15) is 14.9 Å². The fraction of sp³-hybridized carbons (Fsp3) is 0. The van der Waals surface area contributed by atoms with Gasteiger partial charge in [0.25, 0.3) is 11.6 Å². The monoisotopic (exact) mass is 386 g/mol. The highest BCUT2D eigenvalue weighted by atomic mass is 79.9. The van der Waals surface area contributed by atoms with Crippen molar-refractivity contribution in [3.63, 3.8) is 0 Å². The van der Waals surface area contributed by atoms with Crippen LogP contribution >= 0.6 is 15.9 Å². The van der Waals surface area contributed by atoms with Crippen LogP contribution in [0.4, 0.5) is 11.4 Å². The number of carbonyl (C=O) groups excluding carboxylic acids is 1. The molecule has 0 unspecified atom stereocenters. The SMILES string of the molecule is O=C(Nc1cccc(Br)c1)c1ccc(-n2ccnc2)c([N+](=O)[O-])c1. The third-order valence-electron chi connectivity index (χ3n) is 3.30. The average molecular weight is 387 g/mol. The second kappa shape index (κ2) is 6.63. The van der Waals surface area contributed by atoms with E-state index in [2.05, 4.69) is 26.2 Å². The van der Waals surface area contributed by atoms with E-state index in [4.69, 9.17) is 0 Å². The molecule has 0 saturated carbocycles. The van der Waals surface area contributed by atoms with E-state index in [0.717, 1.165) is 4.47 Å². The topological polar surface area (TPSA) is 90.1 Å². The predicted molar refractivity (Wildman–Crippen MR) is 92.3 cm³/mol. The highest BCUT2D eigenvalue weighted by molar-refractivity contribution is 9.10. The lowest BCUT2D eigenvalue weighted by molar-refractivity contribution is -0.384. The quantitative estimate of drug-likeness (QED) is 0.545. The number of carbonyl (C=O) groups is 1. The van der Waals surface area contributed by atoms with E-state index in [-0.39, 0.29) is 11.3 Å². The smallest absolute Gasteiger partial charge is 0.294 e. The maximum Gasteiger partial charge on any atom is 0.294 e. The van der Waals surface area contributed by atoms with Crippen LogP contribution in [0.2, 0.25) is 0 Å². The number of nitrogens with zero attached hydrogens (tertiary/aromatic N) is 3. The van der Waals surface area contributed by atoms with Crippen LogP contribution in [0.15, 0.2) is 65.7 Å². The second-order valence-corrected chi connectivity index (χ2v) is 5.81. The molecule has 7 nitrogen and oxygen atoms in total. The van der Waals surface area contributed by atoms with Crippen LogP contribution in [0, 0.1) is 10.1 Å². The molecule has 1 amide bonds. The molecule has 24 heavy (non-hydrogen) atoms. The lowest BCUT2D eigenvalue weighted by Gasteiger charge is -2.08. The Balaban J connectivity index is 1.93. The number of aromatic nitrogens is 2. The summed E-state index contributed by atoms with van der Waals surface area (Å²) in [5.41, 5.74) is 0.965. The summed E-state index contributed by atoms with van der Waals surface area (Å²) in [5, 5.41) is 14.0. The molecule has 0 aliphatic carbocycles. The van der Waals surface area contributed by atoms with Crippen molar-refractivity contribution in [2.75, 3.05) is 5.32 Å². The van der Waals surface area contributed by atoms with Crippen molar-refractivity contribution in [3.05, 3.63) is 81.3 Å². The molecule has 0 radical (unpaired) electrons. The van der Waals surface area contributed by atoms with E-state index in [1.165, 1.54) is 35.3 Å². The number of halogens is 1. The molecule has 0 fully saturated rings. The van der Waals surface area contributed by atoms with Crippen molar-refractivity contribution in [1.29, 1.82) is 0 Å². The van der Waals surface area contributed by atoms with Crippen molar-refractivity contribution in [1.82, 2.24) is 9.55 Å². The number of hydrogen-bond acceptors (Lipinski definition) is 4. The molecular formula is C16H11BrN4O3. The molecule has 3 rings (SSSR count). The molecule has 1 N–H and O–H groups in total. The summed E-state index contributed by atoms with van der Waals surface area (Å²) in [4.78, 5) is 27.0. The molecule has 3 aromatic rings. The molecule has 0 aliphatic heterocycles. The zero-order valence-electron chi connectivity index (χ0n) is 12.2. The Morgan fingerprint density at radius 3 is 2.75 bits per heavy atom. The van der Waals surface area contributed by atoms with Gasteiger partial charge >= 0.3 is 0 Å². The normalized spacial score (nSPS) is 10.4. The number of hydrogen-bond donors (Lipinski definition) is 1. The van der Waals surface area contributed by atoms with Crippen LogP contribution in [0.1, 0.15) is 10.4 Å². The molecular weight excluding hydrogens is 376 g/mol. The molecule has 120 valence electrons. The summed E-state index contributed by atoms with van der Waals surface area (Å²) in [6.07, 6.45) is 4.59. The van der Waals surface area contributed by atoms with Gasteiger partial charge in [0.15, 0.2) is 0 Å². The number of benzene rings is 2. The standard InChI is InChI=1S/C16H11BrN4O3/c17-12-2-1-3-13(9-12)19-16(22)11-4-5-14(15(8-11)21(23)24)20-7-6-18-10-20/h1-10H,(H,19,22). The van der Waals surface area contributed by atoms with E-state index in [1.807, 2.05) is 6.07 Å². The van der Waals surface area contributed by atoms with Gasteiger partial charge in [-0.05, 0) is 30.3 Å². The minimum Gasteiger partial charge on any atom is -0.322 e. The Labute approximate surface area is 145 Å². The third kappa shape index (κ3) is 3.33. The van der Waals surface area contributed by atoms with Gasteiger partial charge in [-0.3, -0.25) is 14.9 Å². The van der Waals surface area contributed by atoms with Crippen molar-refractivity contribution >= 4 is 33.2 Å². The third-order valence-corrected chi connectivity index (χ3v) is 3.79. The van der Waals surface area contributed by atoms with Gasteiger partial charge in [-0.25, -0.2) is 4.98 Å². The maximum atomic E-state index is 12.3. The highest BCUT2D eigenvalue weighted by Gasteiger charge is 2.18.